The van der Waals surface area contributed by atoms with Crippen molar-refractivity contribution in [3.8, 4) is 0 Å². The molecule has 1 fully saturated rings. The Kier molecular flexibility index (Phi) is 5.62. The van der Waals surface area contributed by atoms with E-state index in [4.69, 9.17) is 4.74 Å². The van der Waals surface area contributed by atoms with Gasteiger partial charge in [0.25, 0.3) is 0 Å². The highest BCUT2D eigenvalue weighted by Gasteiger charge is 2.27. The molecule has 3 atom stereocenters. The lowest BCUT2D eigenvalue weighted by Crippen LogP contribution is -2.43. The predicted molar refractivity (Wildman–Crippen MR) is 65.1 cm³/mol. The first-order chi connectivity index (χ1) is 7.15. The van der Waals surface area contributed by atoms with Gasteiger partial charge in [-0.05, 0) is 31.6 Å². The zero-order valence-electron chi connectivity index (χ0n) is 10.8. The van der Waals surface area contributed by atoms with Crippen LogP contribution in [0.5, 0.6) is 0 Å². The molecule has 3 unspecified atom stereocenters. The molecule has 0 saturated heterocycles. The maximum Gasteiger partial charge on any atom is 0.0667 e. The van der Waals surface area contributed by atoms with Crippen molar-refractivity contribution in [2.75, 3.05) is 13.7 Å². The average molecular weight is 213 g/mol. The average Bonchev–Trinajstić information content (AvgIpc) is 2.26. The number of rotatable bonds is 5. The Labute approximate surface area is 94.8 Å². The molecule has 1 aliphatic rings. The molecule has 0 aliphatic heterocycles. The number of nitrogens with one attached hydrogen (secondary N) is 1. The Morgan fingerprint density at radius 1 is 1.20 bits per heavy atom. The van der Waals surface area contributed by atoms with E-state index in [1.54, 1.807) is 7.11 Å². The summed E-state index contributed by atoms with van der Waals surface area (Å²) in [6.45, 7) is 7.82. The smallest absolute Gasteiger partial charge is 0.0667 e. The Balaban J connectivity index is 2.36. The summed E-state index contributed by atoms with van der Waals surface area (Å²) in [7, 11) is 1.78. The minimum Gasteiger partial charge on any atom is -0.380 e. The Morgan fingerprint density at radius 3 is 2.47 bits per heavy atom. The van der Waals surface area contributed by atoms with Crippen LogP contribution in [0.2, 0.25) is 0 Å². The molecule has 0 radical (unpaired) electrons. The molecule has 0 aromatic rings. The van der Waals surface area contributed by atoms with Crippen LogP contribution < -0.4 is 5.32 Å². The number of hydrogen-bond acceptors (Lipinski definition) is 2. The van der Waals surface area contributed by atoms with Crippen LogP contribution in [-0.4, -0.2) is 25.8 Å². The van der Waals surface area contributed by atoms with Gasteiger partial charge in [-0.15, -0.1) is 0 Å². The Morgan fingerprint density at radius 2 is 1.87 bits per heavy atom. The Hall–Kier alpha value is -0.0800. The van der Waals surface area contributed by atoms with Gasteiger partial charge in [0.2, 0.25) is 0 Å². The van der Waals surface area contributed by atoms with Crippen molar-refractivity contribution in [2.24, 2.45) is 11.8 Å². The number of ether oxygens (including phenoxy) is 1. The zero-order valence-corrected chi connectivity index (χ0v) is 10.8. The van der Waals surface area contributed by atoms with Crippen LogP contribution in [-0.2, 0) is 4.74 Å². The van der Waals surface area contributed by atoms with E-state index in [0.717, 1.165) is 24.4 Å². The van der Waals surface area contributed by atoms with Crippen LogP contribution in [0.25, 0.3) is 0 Å². The van der Waals surface area contributed by atoms with Crippen molar-refractivity contribution < 1.29 is 4.74 Å². The summed E-state index contributed by atoms with van der Waals surface area (Å²) >= 11 is 0. The summed E-state index contributed by atoms with van der Waals surface area (Å²) in [5.41, 5.74) is 0. The van der Waals surface area contributed by atoms with Gasteiger partial charge in [-0.2, -0.15) is 0 Å². The molecule has 0 heterocycles. The molecular formula is C13H27NO. The second kappa shape index (κ2) is 6.49. The van der Waals surface area contributed by atoms with Crippen LogP contribution in [0.4, 0.5) is 0 Å². The SMILES string of the molecule is COC(C)CNC1CCCCC1C(C)C. The van der Waals surface area contributed by atoms with Gasteiger partial charge < -0.3 is 10.1 Å². The first kappa shape index (κ1) is 13.0. The molecule has 90 valence electrons. The zero-order chi connectivity index (χ0) is 11.3. The van der Waals surface area contributed by atoms with Crippen LogP contribution in [0.15, 0.2) is 0 Å². The molecule has 0 aromatic heterocycles. The highest BCUT2D eigenvalue weighted by Crippen LogP contribution is 2.30. The summed E-state index contributed by atoms with van der Waals surface area (Å²) in [5, 5.41) is 3.68. The third-order valence-electron chi connectivity index (χ3n) is 3.75. The highest BCUT2D eigenvalue weighted by atomic mass is 16.5. The number of hydrogen-bond donors (Lipinski definition) is 1. The minimum absolute atomic E-state index is 0.333. The lowest BCUT2D eigenvalue weighted by Gasteiger charge is -2.35. The van der Waals surface area contributed by atoms with Gasteiger partial charge in [0.1, 0.15) is 0 Å². The van der Waals surface area contributed by atoms with Gasteiger partial charge in [-0.25, -0.2) is 0 Å². The molecule has 1 N–H and O–H groups in total. The maximum absolute atomic E-state index is 5.27. The van der Waals surface area contributed by atoms with E-state index in [-0.39, 0.29) is 0 Å². The van der Waals surface area contributed by atoms with Gasteiger partial charge in [0, 0.05) is 19.7 Å². The van der Waals surface area contributed by atoms with Crippen molar-refractivity contribution >= 4 is 0 Å². The van der Waals surface area contributed by atoms with Gasteiger partial charge in [-0.3, -0.25) is 0 Å². The molecule has 1 aliphatic carbocycles. The second-order valence-corrected chi connectivity index (χ2v) is 5.25. The van der Waals surface area contributed by atoms with Gasteiger partial charge in [0.15, 0.2) is 0 Å². The molecule has 0 spiro atoms. The van der Waals surface area contributed by atoms with E-state index in [9.17, 15) is 0 Å². The van der Waals surface area contributed by atoms with Crippen molar-refractivity contribution in [1.82, 2.24) is 5.32 Å². The quantitative estimate of drug-likeness (QED) is 0.758. The summed E-state index contributed by atoms with van der Waals surface area (Å²) < 4.78 is 5.27. The molecular weight excluding hydrogens is 186 g/mol. The molecule has 2 heteroatoms. The van der Waals surface area contributed by atoms with Crippen molar-refractivity contribution in [1.29, 1.82) is 0 Å². The monoisotopic (exact) mass is 213 g/mol. The fraction of sp³-hybridized carbons (Fsp3) is 1.00. The van der Waals surface area contributed by atoms with E-state index >= 15 is 0 Å². The first-order valence-corrected chi connectivity index (χ1v) is 6.41. The minimum atomic E-state index is 0.333. The molecule has 15 heavy (non-hydrogen) atoms. The third kappa shape index (κ3) is 4.12. The summed E-state index contributed by atoms with van der Waals surface area (Å²) in [6.07, 6.45) is 5.89. The van der Waals surface area contributed by atoms with Crippen molar-refractivity contribution in [3.05, 3.63) is 0 Å². The highest BCUT2D eigenvalue weighted by molar-refractivity contribution is 4.83. The molecule has 0 amide bonds. The van der Waals surface area contributed by atoms with E-state index in [0.29, 0.717) is 6.10 Å². The van der Waals surface area contributed by atoms with Crippen LogP contribution in [0.3, 0.4) is 0 Å². The fourth-order valence-electron chi connectivity index (χ4n) is 2.61. The summed E-state index contributed by atoms with van der Waals surface area (Å²) in [6, 6.07) is 0.719. The maximum atomic E-state index is 5.27. The van der Waals surface area contributed by atoms with Crippen molar-refractivity contribution in [2.45, 2.75) is 58.6 Å². The van der Waals surface area contributed by atoms with E-state index in [1.807, 2.05) is 0 Å². The molecule has 0 bridgehead atoms. The van der Waals surface area contributed by atoms with E-state index < -0.39 is 0 Å². The van der Waals surface area contributed by atoms with Gasteiger partial charge in [-0.1, -0.05) is 26.7 Å². The van der Waals surface area contributed by atoms with Crippen LogP contribution in [0.1, 0.15) is 46.5 Å². The lowest BCUT2D eigenvalue weighted by atomic mass is 9.78. The molecule has 0 aromatic carbocycles. The molecule has 1 rings (SSSR count). The topological polar surface area (TPSA) is 21.3 Å². The largest absolute Gasteiger partial charge is 0.380 e. The standard InChI is InChI=1S/C13H27NO/c1-10(2)12-7-5-6-8-13(12)14-9-11(3)15-4/h10-14H,5-9H2,1-4H3. The fourth-order valence-corrected chi connectivity index (χ4v) is 2.61. The normalized spacial score (nSPS) is 29.4. The third-order valence-corrected chi connectivity index (χ3v) is 3.75. The summed E-state index contributed by atoms with van der Waals surface area (Å²) in [4.78, 5) is 0. The van der Waals surface area contributed by atoms with Crippen LogP contribution in [0, 0.1) is 11.8 Å². The molecule has 2 nitrogen and oxygen atoms in total. The number of methoxy groups -OCH3 is 1. The van der Waals surface area contributed by atoms with Crippen LogP contribution >= 0.6 is 0 Å². The van der Waals surface area contributed by atoms with Gasteiger partial charge >= 0.3 is 0 Å². The predicted octanol–water partition coefficient (Wildman–Crippen LogP) is 2.83. The van der Waals surface area contributed by atoms with Gasteiger partial charge in [0.05, 0.1) is 6.10 Å². The Bertz CT molecular complexity index is 170. The molecule has 1 saturated carbocycles. The van der Waals surface area contributed by atoms with E-state index in [2.05, 4.69) is 26.1 Å². The lowest BCUT2D eigenvalue weighted by molar-refractivity contribution is 0.103. The summed E-state index contributed by atoms with van der Waals surface area (Å²) in [5.74, 6) is 1.67. The first-order valence-electron chi connectivity index (χ1n) is 6.41. The second-order valence-electron chi connectivity index (χ2n) is 5.25. The van der Waals surface area contributed by atoms with E-state index in [1.165, 1.54) is 25.7 Å². The van der Waals surface area contributed by atoms with Crippen molar-refractivity contribution in [3.63, 3.8) is 0 Å².